The summed E-state index contributed by atoms with van der Waals surface area (Å²) < 4.78 is 1.50. The Morgan fingerprint density at radius 3 is 2.34 bits per heavy atom. The van der Waals surface area contributed by atoms with Crippen LogP contribution >= 0.6 is 0 Å². The molecular weight excluding hydrogens is 366 g/mol. The molecule has 150 valence electrons. The summed E-state index contributed by atoms with van der Waals surface area (Å²) in [6.07, 6.45) is 2.93. The largest absolute Gasteiger partial charge is 0.365 e. The Bertz CT molecular complexity index is 1080. The second-order valence-electron chi connectivity index (χ2n) is 7.64. The highest BCUT2D eigenvalue weighted by molar-refractivity contribution is 5.96. The van der Waals surface area contributed by atoms with Crippen molar-refractivity contribution in [2.45, 2.75) is 32.7 Å². The molecule has 2 aromatic carbocycles. The van der Waals surface area contributed by atoms with E-state index >= 15 is 0 Å². The van der Waals surface area contributed by atoms with Crippen molar-refractivity contribution in [2.75, 3.05) is 18.0 Å². The molecule has 0 unspecified atom stereocenters. The van der Waals surface area contributed by atoms with Crippen LogP contribution in [0, 0.1) is 16.0 Å². The molecule has 0 bridgehead atoms. The maximum Gasteiger partial charge on any atom is 0.357 e. The normalized spacial score (nSPS) is 15.0. The third-order valence-corrected chi connectivity index (χ3v) is 5.92. The predicted octanol–water partition coefficient (Wildman–Crippen LogP) is 4.39. The number of rotatable bonds is 5. The minimum Gasteiger partial charge on any atom is -0.365 e. The summed E-state index contributed by atoms with van der Waals surface area (Å²) in [7, 11) is 0. The van der Waals surface area contributed by atoms with E-state index in [-0.39, 0.29) is 5.69 Å². The van der Waals surface area contributed by atoms with Gasteiger partial charge in [0.25, 0.3) is 0 Å². The van der Waals surface area contributed by atoms with Crippen molar-refractivity contribution in [3.8, 4) is 0 Å². The Labute approximate surface area is 169 Å². The third kappa shape index (κ3) is 3.62. The van der Waals surface area contributed by atoms with Gasteiger partial charge in [0.1, 0.15) is 5.69 Å². The summed E-state index contributed by atoms with van der Waals surface area (Å²) in [6, 6.07) is 17.9. The van der Waals surface area contributed by atoms with Crippen LogP contribution in [0.2, 0.25) is 0 Å². The van der Waals surface area contributed by atoms with Crippen molar-refractivity contribution < 1.29 is 4.92 Å². The topological polar surface area (TPSA) is 68.4 Å². The molecule has 0 aliphatic carbocycles. The van der Waals surface area contributed by atoms with Gasteiger partial charge in [-0.3, -0.25) is 14.9 Å². The summed E-state index contributed by atoms with van der Waals surface area (Å²) in [4.78, 5) is 26.3. The lowest BCUT2D eigenvalue weighted by Crippen LogP contribution is -2.36. The third-order valence-electron chi connectivity index (χ3n) is 5.92. The molecule has 1 aliphatic rings. The lowest BCUT2D eigenvalue weighted by Gasteiger charge is -2.34. The Morgan fingerprint density at radius 1 is 1.03 bits per heavy atom. The lowest BCUT2D eigenvalue weighted by molar-refractivity contribution is -0.385. The molecular formula is C23H25N3O3. The van der Waals surface area contributed by atoms with Gasteiger partial charge in [-0.15, -0.1) is 0 Å². The average molecular weight is 391 g/mol. The number of hydrogen-bond donors (Lipinski definition) is 0. The number of fused-ring (bicyclic) bond motifs is 1. The second-order valence-corrected chi connectivity index (χ2v) is 7.64. The molecule has 1 aromatic heterocycles. The van der Waals surface area contributed by atoms with Crippen LogP contribution in [0.3, 0.4) is 0 Å². The standard InChI is InChI=1S/C23H25N3O3/c1-2-25-20-11-7-6-10-19(20)21(22(23(25)27)26(28)29)24-14-12-18(13-15-24)16-17-8-4-3-5-9-17/h3-11,18H,2,12-16H2,1H3. The van der Waals surface area contributed by atoms with Crippen molar-refractivity contribution in [3.05, 3.63) is 80.6 Å². The van der Waals surface area contributed by atoms with Gasteiger partial charge in [0, 0.05) is 25.0 Å². The van der Waals surface area contributed by atoms with Gasteiger partial charge in [0.05, 0.1) is 10.4 Å². The van der Waals surface area contributed by atoms with Gasteiger partial charge in [-0.1, -0.05) is 48.5 Å². The first kappa shape index (κ1) is 19.2. The highest BCUT2D eigenvalue weighted by Crippen LogP contribution is 2.36. The summed E-state index contributed by atoms with van der Waals surface area (Å²) in [5, 5.41) is 12.6. The zero-order valence-electron chi connectivity index (χ0n) is 16.6. The van der Waals surface area contributed by atoms with Gasteiger partial charge >= 0.3 is 11.2 Å². The maximum absolute atomic E-state index is 12.9. The Hall–Kier alpha value is -3.15. The van der Waals surface area contributed by atoms with E-state index in [4.69, 9.17) is 0 Å². The minimum absolute atomic E-state index is 0.299. The van der Waals surface area contributed by atoms with E-state index in [0.29, 0.717) is 18.2 Å². The Kier molecular flexibility index (Phi) is 5.34. The number of pyridine rings is 1. The lowest BCUT2D eigenvalue weighted by atomic mass is 9.90. The highest BCUT2D eigenvalue weighted by Gasteiger charge is 2.31. The zero-order valence-corrected chi connectivity index (χ0v) is 16.6. The van der Waals surface area contributed by atoms with E-state index in [0.717, 1.165) is 43.3 Å². The van der Waals surface area contributed by atoms with E-state index in [9.17, 15) is 14.9 Å². The van der Waals surface area contributed by atoms with Crippen LogP contribution in [0.5, 0.6) is 0 Å². The molecule has 0 atom stereocenters. The Balaban J connectivity index is 1.69. The van der Waals surface area contributed by atoms with E-state index in [2.05, 4.69) is 24.3 Å². The van der Waals surface area contributed by atoms with Gasteiger partial charge in [-0.25, -0.2) is 0 Å². The van der Waals surface area contributed by atoms with Crippen molar-refractivity contribution in [2.24, 2.45) is 5.92 Å². The number of anilines is 1. The number of nitro groups is 1. The number of hydrogen-bond acceptors (Lipinski definition) is 4. The zero-order chi connectivity index (χ0) is 20.4. The molecule has 2 heterocycles. The van der Waals surface area contributed by atoms with Crippen molar-refractivity contribution >= 4 is 22.3 Å². The summed E-state index contributed by atoms with van der Waals surface area (Å²) in [5.41, 5.74) is 1.75. The monoisotopic (exact) mass is 391 g/mol. The molecule has 1 fully saturated rings. The minimum atomic E-state index is -0.516. The van der Waals surface area contributed by atoms with Crippen LogP contribution in [-0.4, -0.2) is 22.6 Å². The first-order valence-corrected chi connectivity index (χ1v) is 10.2. The first-order chi connectivity index (χ1) is 14.1. The second kappa shape index (κ2) is 8.07. The number of para-hydroxylation sites is 1. The fourth-order valence-electron chi connectivity index (χ4n) is 4.48. The molecule has 29 heavy (non-hydrogen) atoms. The summed E-state index contributed by atoms with van der Waals surface area (Å²) >= 11 is 0. The number of aromatic nitrogens is 1. The van der Waals surface area contributed by atoms with Crippen LogP contribution in [0.25, 0.3) is 10.9 Å². The fraction of sp³-hybridized carbons (Fsp3) is 0.348. The van der Waals surface area contributed by atoms with Gasteiger partial charge in [-0.2, -0.15) is 0 Å². The van der Waals surface area contributed by atoms with Crippen LogP contribution in [-0.2, 0) is 13.0 Å². The van der Waals surface area contributed by atoms with Gasteiger partial charge in [-0.05, 0) is 43.7 Å². The van der Waals surface area contributed by atoms with Gasteiger partial charge < -0.3 is 9.47 Å². The van der Waals surface area contributed by atoms with E-state index in [1.165, 1.54) is 10.1 Å². The van der Waals surface area contributed by atoms with Crippen LogP contribution < -0.4 is 10.5 Å². The van der Waals surface area contributed by atoms with E-state index in [1.807, 2.05) is 42.2 Å². The Morgan fingerprint density at radius 2 is 1.69 bits per heavy atom. The van der Waals surface area contributed by atoms with Crippen molar-refractivity contribution in [1.82, 2.24) is 4.57 Å². The van der Waals surface area contributed by atoms with Crippen LogP contribution in [0.1, 0.15) is 25.3 Å². The molecule has 0 saturated carbocycles. The molecule has 6 nitrogen and oxygen atoms in total. The SMILES string of the molecule is CCn1c(=O)c([N+](=O)[O-])c(N2CCC(Cc3ccccc3)CC2)c2ccccc21. The molecule has 0 radical (unpaired) electrons. The number of benzene rings is 2. The molecule has 4 rings (SSSR count). The first-order valence-electron chi connectivity index (χ1n) is 10.2. The average Bonchev–Trinajstić information content (AvgIpc) is 2.74. The van der Waals surface area contributed by atoms with E-state index < -0.39 is 10.5 Å². The summed E-state index contributed by atoms with van der Waals surface area (Å²) in [5.74, 6) is 0.551. The number of nitrogens with zero attached hydrogens (tertiary/aromatic N) is 3. The van der Waals surface area contributed by atoms with Crippen molar-refractivity contribution in [1.29, 1.82) is 0 Å². The molecule has 1 saturated heterocycles. The highest BCUT2D eigenvalue weighted by atomic mass is 16.6. The molecule has 0 amide bonds. The number of piperidine rings is 1. The van der Waals surface area contributed by atoms with Gasteiger partial charge in [0.15, 0.2) is 0 Å². The van der Waals surface area contributed by atoms with E-state index in [1.54, 1.807) is 0 Å². The molecule has 0 N–H and O–H groups in total. The molecule has 0 spiro atoms. The van der Waals surface area contributed by atoms with Gasteiger partial charge in [0.2, 0.25) is 0 Å². The smallest absolute Gasteiger partial charge is 0.357 e. The summed E-state index contributed by atoms with van der Waals surface area (Å²) in [6.45, 7) is 3.68. The molecule has 6 heteroatoms. The van der Waals surface area contributed by atoms with Crippen LogP contribution in [0.4, 0.5) is 11.4 Å². The maximum atomic E-state index is 12.9. The molecule has 1 aliphatic heterocycles. The van der Waals surface area contributed by atoms with Crippen LogP contribution in [0.15, 0.2) is 59.4 Å². The fourth-order valence-corrected chi connectivity index (χ4v) is 4.48. The van der Waals surface area contributed by atoms with Crippen molar-refractivity contribution in [3.63, 3.8) is 0 Å². The predicted molar refractivity (Wildman–Crippen MR) is 116 cm³/mol. The number of aryl methyl sites for hydroxylation is 1. The molecule has 3 aromatic rings. The quantitative estimate of drug-likeness (QED) is 0.478.